The molecule has 110 valence electrons. The lowest BCUT2D eigenvalue weighted by atomic mass is 10.0. The van der Waals surface area contributed by atoms with Crippen LogP contribution in [0.25, 0.3) is 0 Å². The number of nitrogens with one attached hydrogen (secondary N) is 1. The number of carbonyl (C=O) groups excluding carboxylic acids is 1. The van der Waals surface area contributed by atoms with Gasteiger partial charge < -0.3 is 16.2 Å². The van der Waals surface area contributed by atoms with E-state index in [4.69, 9.17) is 10.8 Å². The van der Waals surface area contributed by atoms with Crippen LogP contribution in [0.1, 0.15) is 25.8 Å². The van der Waals surface area contributed by atoms with E-state index in [1.165, 1.54) is 0 Å². The predicted molar refractivity (Wildman–Crippen MR) is 77.1 cm³/mol. The van der Waals surface area contributed by atoms with Crippen LogP contribution in [0.5, 0.6) is 0 Å². The van der Waals surface area contributed by atoms with E-state index in [9.17, 15) is 9.59 Å². The van der Waals surface area contributed by atoms with Crippen molar-refractivity contribution in [3.05, 3.63) is 35.9 Å². The van der Waals surface area contributed by atoms with Gasteiger partial charge >= 0.3 is 5.97 Å². The van der Waals surface area contributed by atoms with E-state index in [2.05, 4.69) is 5.32 Å². The molecule has 0 aromatic heterocycles. The minimum absolute atomic E-state index is 0.182. The molecule has 1 aromatic rings. The van der Waals surface area contributed by atoms with Crippen LogP contribution in [0.3, 0.4) is 0 Å². The molecule has 0 spiro atoms. The fourth-order valence-corrected chi connectivity index (χ4v) is 1.93. The molecule has 5 heteroatoms. The number of carboxylic acid groups (broad SMARTS) is 1. The molecule has 2 atom stereocenters. The van der Waals surface area contributed by atoms with E-state index < -0.39 is 24.0 Å². The Kier molecular flexibility index (Phi) is 6.18. The molecule has 1 aromatic carbocycles. The Morgan fingerprint density at radius 1 is 1.25 bits per heavy atom. The Hall–Kier alpha value is -1.88. The molecule has 0 saturated heterocycles. The number of amides is 1. The minimum atomic E-state index is -1.03. The molecule has 4 N–H and O–H groups in total. The Morgan fingerprint density at radius 2 is 1.85 bits per heavy atom. The fraction of sp³-hybridized carbons (Fsp3) is 0.467. The van der Waals surface area contributed by atoms with Gasteiger partial charge in [0, 0.05) is 0 Å². The molecule has 0 saturated carbocycles. The lowest BCUT2D eigenvalue weighted by Gasteiger charge is -2.19. The maximum Gasteiger partial charge on any atom is 0.326 e. The normalized spacial score (nSPS) is 13.8. The first-order valence-corrected chi connectivity index (χ1v) is 6.72. The quantitative estimate of drug-likeness (QED) is 0.698. The first-order chi connectivity index (χ1) is 9.40. The number of carboxylic acids is 1. The van der Waals surface area contributed by atoms with Gasteiger partial charge in [0.25, 0.3) is 0 Å². The Labute approximate surface area is 119 Å². The van der Waals surface area contributed by atoms with E-state index in [0.29, 0.717) is 12.8 Å². The summed E-state index contributed by atoms with van der Waals surface area (Å²) in [6, 6.07) is 7.78. The largest absolute Gasteiger partial charge is 0.480 e. The summed E-state index contributed by atoms with van der Waals surface area (Å²) < 4.78 is 0. The van der Waals surface area contributed by atoms with Gasteiger partial charge in [-0.3, -0.25) is 4.79 Å². The van der Waals surface area contributed by atoms with Crippen LogP contribution in [-0.4, -0.2) is 29.1 Å². The highest BCUT2D eigenvalue weighted by Crippen LogP contribution is 2.06. The van der Waals surface area contributed by atoms with Gasteiger partial charge in [0.1, 0.15) is 6.04 Å². The van der Waals surface area contributed by atoms with E-state index in [1.807, 2.05) is 44.2 Å². The zero-order valence-electron chi connectivity index (χ0n) is 11.9. The molecular formula is C15H22N2O3. The van der Waals surface area contributed by atoms with Crippen LogP contribution in [0, 0.1) is 5.92 Å². The third-order valence-corrected chi connectivity index (χ3v) is 2.96. The summed E-state index contributed by atoms with van der Waals surface area (Å²) in [7, 11) is 0. The number of rotatable bonds is 7. The van der Waals surface area contributed by atoms with Gasteiger partial charge in [-0.25, -0.2) is 4.79 Å². The van der Waals surface area contributed by atoms with Crippen LogP contribution >= 0.6 is 0 Å². The number of hydrogen-bond acceptors (Lipinski definition) is 3. The third kappa shape index (κ3) is 5.40. The number of nitrogens with two attached hydrogens (primary N) is 1. The van der Waals surface area contributed by atoms with Gasteiger partial charge in [-0.2, -0.15) is 0 Å². The SMILES string of the molecule is CC(C)CC(NC(=O)[C@H](N)Cc1ccccc1)C(=O)O. The average Bonchev–Trinajstić information content (AvgIpc) is 2.38. The van der Waals surface area contributed by atoms with Gasteiger partial charge in [0.05, 0.1) is 6.04 Å². The maximum atomic E-state index is 11.9. The van der Waals surface area contributed by atoms with Crippen LogP contribution in [0.15, 0.2) is 30.3 Å². The highest BCUT2D eigenvalue weighted by Gasteiger charge is 2.24. The van der Waals surface area contributed by atoms with E-state index >= 15 is 0 Å². The van der Waals surface area contributed by atoms with Crippen molar-refractivity contribution < 1.29 is 14.7 Å². The minimum Gasteiger partial charge on any atom is -0.480 e. The first kappa shape index (κ1) is 16.2. The zero-order chi connectivity index (χ0) is 15.1. The molecular weight excluding hydrogens is 256 g/mol. The van der Waals surface area contributed by atoms with Crippen molar-refractivity contribution in [3.8, 4) is 0 Å². The second kappa shape index (κ2) is 7.65. The van der Waals surface area contributed by atoms with Gasteiger partial charge in [-0.1, -0.05) is 44.2 Å². The lowest BCUT2D eigenvalue weighted by molar-refractivity contribution is -0.142. The van der Waals surface area contributed by atoms with Crippen LogP contribution in [-0.2, 0) is 16.0 Å². The van der Waals surface area contributed by atoms with Crippen molar-refractivity contribution in [2.24, 2.45) is 11.7 Å². The molecule has 0 aliphatic rings. The standard InChI is InChI=1S/C15H22N2O3/c1-10(2)8-13(15(19)20)17-14(18)12(16)9-11-6-4-3-5-7-11/h3-7,10,12-13H,8-9,16H2,1-2H3,(H,17,18)(H,19,20)/t12-,13?/m1/s1. The average molecular weight is 278 g/mol. The summed E-state index contributed by atoms with van der Waals surface area (Å²) in [6.07, 6.45) is 0.778. The van der Waals surface area contributed by atoms with Crippen molar-refractivity contribution in [2.45, 2.75) is 38.8 Å². The second-order valence-electron chi connectivity index (χ2n) is 5.33. The molecule has 0 radical (unpaired) electrons. The summed E-state index contributed by atoms with van der Waals surface area (Å²) in [5, 5.41) is 11.6. The van der Waals surface area contributed by atoms with Crippen molar-refractivity contribution in [2.75, 3.05) is 0 Å². The highest BCUT2D eigenvalue weighted by molar-refractivity contribution is 5.86. The summed E-state index contributed by atoms with van der Waals surface area (Å²) in [6.45, 7) is 3.82. The third-order valence-electron chi connectivity index (χ3n) is 2.96. The summed E-state index contributed by atoms with van der Waals surface area (Å²) in [4.78, 5) is 23.0. The molecule has 20 heavy (non-hydrogen) atoms. The Balaban J connectivity index is 2.57. The Bertz CT molecular complexity index is 446. The summed E-state index contributed by atoms with van der Waals surface area (Å²) in [5.74, 6) is -1.28. The molecule has 0 heterocycles. The fourth-order valence-electron chi connectivity index (χ4n) is 1.93. The van der Waals surface area contributed by atoms with E-state index in [0.717, 1.165) is 5.56 Å². The second-order valence-corrected chi connectivity index (χ2v) is 5.33. The van der Waals surface area contributed by atoms with Crippen molar-refractivity contribution in [1.82, 2.24) is 5.32 Å². The maximum absolute atomic E-state index is 11.9. The predicted octanol–water partition coefficient (Wildman–Crippen LogP) is 1.17. The summed E-state index contributed by atoms with van der Waals surface area (Å²) in [5.41, 5.74) is 6.77. The van der Waals surface area contributed by atoms with Crippen LogP contribution < -0.4 is 11.1 Å². The van der Waals surface area contributed by atoms with Crippen molar-refractivity contribution in [3.63, 3.8) is 0 Å². The molecule has 0 bridgehead atoms. The first-order valence-electron chi connectivity index (χ1n) is 6.72. The number of hydrogen-bond donors (Lipinski definition) is 3. The molecule has 0 aliphatic heterocycles. The van der Waals surface area contributed by atoms with Gasteiger partial charge in [0.15, 0.2) is 0 Å². The zero-order valence-corrected chi connectivity index (χ0v) is 11.9. The number of carbonyl (C=O) groups is 2. The van der Waals surface area contributed by atoms with Crippen molar-refractivity contribution >= 4 is 11.9 Å². The molecule has 5 nitrogen and oxygen atoms in total. The molecule has 1 amide bonds. The number of benzene rings is 1. The van der Waals surface area contributed by atoms with Gasteiger partial charge in [-0.15, -0.1) is 0 Å². The van der Waals surface area contributed by atoms with Crippen LogP contribution in [0.2, 0.25) is 0 Å². The summed E-state index contributed by atoms with van der Waals surface area (Å²) >= 11 is 0. The topological polar surface area (TPSA) is 92.4 Å². The smallest absolute Gasteiger partial charge is 0.326 e. The van der Waals surface area contributed by atoms with Crippen LogP contribution in [0.4, 0.5) is 0 Å². The van der Waals surface area contributed by atoms with E-state index in [1.54, 1.807) is 0 Å². The molecule has 0 fully saturated rings. The molecule has 1 rings (SSSR count). The van der Waals surface area contributed by atoms with E-state index in [-0.39, 0.29) is 5.92 Å². The highest BCUT2D eigenvalue weighted by atomic mass is 16.4. The number of aliphatic carboxylic acids is 1. The monoisotopic (exact) mass is 278 g/mol. The molecule has 1 unspecified atom stereocenters. The lowest BCUT2D eigenvalue weighted by Crippen LogP contribution is -2.49. The van der Waals surface area contributed by atoms with Crippen molar-refractivity contribution in [1.29, 1.82) is 0 Å². The molecule has 0 aliphatic carbocycles. The van der Waals surface area contributed by atoms with Gasteiger partial charge in [0.2, 0.25) is 5.91 Å². The Morgan fingerprint density at radius 3 is 2.35 bits per heavy atom. The van der Waals surface area contributed by atoms with Gasteiger partial charge in [-0.05, 0) is 24.3 Å².